The van der Waals surface area contributed by atoms with Gasteiger partial charge < -0.3 is 4.57 Å². The van der Waals surface area contributed by atoms with Gasteiger partial charge in [0.15, 0.2) is 11.2 Å². The molecule has 0 bridgehead atoms. The van der Waals surface area contributed by atoms with Crippen molar-refractivity contribution in [1.29, 1.82) is 0 Å². The normalized spacial score (nSPS) is 11.5. The lowest BCUT2D eigenvalue weighted by molar-refractivity contribution is 0.655. The Morgan fingerprint density at radius 1 is 1.00 bits per heavy atom. The lowest BCUT2D eigenvalue weighted by Crippen LogP contribution is -2.39. The molecule has 0 aliphatic heterocycles. The molecule has 0 spiro atoms. The highest BCUT2D eigenvalue weighted by Gasteiger charge is 2.18. The van der Waals surface area contributed by atoms with Crippen molar-refractivity contribution in [3.8, 4) is 0 Å². The Morgan fingerprint density at radius 2 is 1.66 bits per heavy atom. The fraction of sp³-hybridized carbons (Fsp3) is 0.143. The molecule has 0 aliphatic rings. The third-order valence-corrected chi connectivity index (χ3v) is 5.88. The van der Waals surface area contributed by atoms with Crippen LogP contribution in [0.1, 0.15) is 11.1 Å². The molecule has 164 valence electrons. The van der Waals surface area contributed by atoms with E-state index >= 15 is 0 Å². The summed E-state index contributed by atoms with van der Waals surface area (Å²) >= 11 is 18.2. The molecule has 2 heterocycles. The van der Waals surface area contributed by atoms with E-state index in [1.807, 2.05) is 0 Å². The molecule has 2 aromatic heterocycles. The number of halogens is 3. The van der Waals surface area contributed by atoms with Crippen LogP contribution in [0, 0.1) is 0 Å². The number of fused-ring (bicyclic) bond motifs is 1. The molecule has 4 rings (SSSR count). The number of anilines is 1. The fourth-order valence-electron chi connectivity index (χ4n) is 3.24. The molecular weight excluding hydrogens is 475 g/mol. The van der Waals surface area contributed by atoms with E-state index in [1.165, 1.54) is 10.8 Å². The van der Waals surface area contributed by atoms with E-state index in [-0.39, 0.29) is 23.7 Å². The van der Waals surface area contributed by atoms with Crippen molar-refractivity contribution in [2.45, 2.75) is 6.54 Å². The summed E-state index contributed by atoms with van der Waals surface area (Å²) in [6, 6.07) is 12.1. The van der Waals surface area contributed by atoms with Crippen molar-refractivity contribution in [3.63, 3.8) is 0 Å². The van der Waals surface area contributed by atoms with Gasteiger partial charge in [-0.1, -0.05) is 53.0 Å². The molecule has 4 aromatic rings. The number of aromatic nitrogens is 4. The molecule has 0 aliphatic carbocycles. The molecule has 0 fully saturated rings. The average Bonchev–Trinajstić information content (AvgIpc) is 3.09. The molecule has 32 heavy (non-hydrogen) atoms. The first-order valence-electron chi connectivity index (χ1n) is 9.41. The summed E-state index contributed by atoms with van der Waals surface area (Å²) in [7, 11) is 3.22. The summed E-state index contributed by atoms with van der Waals surface area (Å²) in [4.78, 5) is 30.4. The van der Waals surface area contributed by atoms with Gasteiger partial charge in [0.1, 0.15) is 0 Å². The molecule has 8 nitrogen and oxygen atoms in total. The highest BCUT2D eigenvalue weighted by molar-refractivity contribution is 6.38. The second-order valence-corrected chi connectivity index (χ2v) is 8.28. The van der Waals surface area contributed by atoms with Gasteiger partial charge in [0, 0.05) is 24.7 Å². The molecular formula is C21H17Cl3N6O2. The van der Waals surface area contributed by atoms with Crippen molar-refractivity contribution in [2.75, 3.05) is 5.43 Å². The maximum absolute atomic E-state index is 13.2. The Hall–Kier alpha value is -3.07. The minimum absolute atomic E-state index is 0.107. The number of nitrogens with one attached hydrogen (secondary N) is 1. The summed E-state index contributed by atoms with van der Waals surface area (Å²) in [5.41, 5.74) is 3.66. The van der Waals surface area contributed by atoms with E-state index in [2.05, 4.69) is 15.5 Å². The second kappa shape index (κ2) is 8.82. The van der Waals surface area contributed by atoms with E-state index < -0.39 is 11.2 Å². The van der Waals surface area contributed by atoms with Crippen LogP contribution in [0.5, 0.6) is 0 Å². The van der Waals surface area contributed by atoms with Crippen LogP contribution >= 0.6 is 34.8 Å². The highest BCUT2D eigenvalue weighted by Crippen LogP contribution is 2.22. The third-order valence-electron chi connectivity index (χ3n) is 4.97. The van der Waals surface area contributed by atoms with E-state index in [9.17, 15) is 9.59 Å². The Labute approximate surface area is 197 Å². The Kier molecular flexibility index (Phi) is 6.10. The van der Waals surface area contributed by atoms with Crippen LogP contribution in [0.25, 0.3) is 11.2 Å². The second-order valence-electron chi connectivity index (χ2n) is 7.03. The summed E-state index contributed by atoms with van der Waals surface area (Å²) in [6.45, 7) is 0.107. The summed E-state index contributed by atoms with van der Waals surface area (Å²) < 4.78 is 4.03. The van der Waals surface area contributed by atoms with Crippen LogP contribution in [0.2, 0.25) is 15.1 Å². The van der Waals surface area contributed by atoms with Gasteiger partial charge in [0.2, 0.25) is 5.95 Å². The highest BCUT2D eigenvalue weighted by atomic mass is 35.5. The van der Waals surface area contributed by atoms with Gasteiger partial charge in [-0.05, 0) is 29.8 Å². The number of imidazole rings is 1. The minimum Gasteiger partial charge on any atom is -0.306 e. The summed E-state index contributed by atoms with van der Waals surface area (Å²) in [5, 5.41) is 5.60. The molecule has 0 amide bonds. The Balaban J connectivity index is 1.73. The molecule has 0 radical (unpaired) electrons. The standard InChI is InChI=1S/C21H17Cl3N6O2/c1-28-17-18(26-20(28)27-25-10-14-15(23)4-3-5-16(14)24)29(2)21(32)30(19(17)31)11-12-6-8-13(22)9-7-12/h3-10H,11H2,1-2H3,(H,26,27)/b25-10+. The molecule has 1 N–H and O–H groups in total. The van der Waals surface area contributed by atoms with E-state index in [1.54, 1.807) is 61.1 Å². The van der Waals surface area contributed by atoms with Crippen LogP contribution in [-0.4, -0.2) is 24.9 Å². The SMILES string of the molecule is Cn1c(N/N=C/c2c(Cl)cccc2Cl)nc2c1c(=O)n(Cc1ccc(Cl)cc1)c(=O)n2C. The third kappa shape index (κ3) is 4.04. The molecule has 0 atom stereocenters. The number of hydrazone groups is 1. The van der Waals surface area contributed by atoms with Gasteiger partial charge in [0.25, 0.3) is 5.56 Å². The lowest BCUT2D eigenvalue weighted by Gasteiger charge is -2.09. The van der Waals surface area contributed by atoms with Crippen LogP contribution in [0.3, 0.4) is 0 Å². The molecule has 11 heteroatoms. The van der Waals surface area contributed by atoms with Gasteiger partial charge in [-0.2, -0.15) is 10.1 Å². The largest absolute Gasteiger partial charge is 0.332 e. The van der Waals surface area contributed by atoms with Gasteiger partial charge in [-0.25, -0.2) is 10.2 Å². The van der Waals surface area contributed by atoms with Gasteiger partial charge >= 0.3 is 5.69 Å². The van der Waals surface area contributed by atoms with Crippen LogP contribution in [0.15, 0.2) is 57.2 Å². The monoisotopic (exact) mass is 490 g/mol. The fourth-order valence-corrected chi connectivity index (χ4v) is 3.86. The number of hydrogen-bond acceptors (Lipinski definition) is 5. The van der Waals surface area contributed by atoms with Crippen molar-refractivity contribution >= 4 is 58.1 Å². The first-order chi connectivity index (χ1) is 15.3. The first kappa shape index (κ1) is 22.1. The van der Waals surface area contributed by atoms with E-state index in [4.69, 9.17) is 34.8 Å². The predicted octanol–water partition coefficient (Wildman–Crippen LogP) is 3.89. The first-order valence-corrected chi connectivity index (χ1v) is 10.5. The predicted molar refractivity (Wildman–Crippen MR) is 128 cm³/mol. The molecule has 0 unspecified atom stereocenters. The van der Waals surface area contributed by atoms with Crippen LogP contribution in [-0.2, 0) is 20.6 Å². The van der Waals surface area contributed by atoms with E-state index in [0.717, 1.165) is 10.1 Å². The van der Waals surface area contributed by atoms with Crippen molar-refractivity contribution in [1.82, 2.24) is 18.7 Å². The van der Waals surface area contributed by atoms with Crippen LogP contribution in [0.4, 0.5) is 5.95 Å². The van der Waals surface area contributed by atoms with Crippen molar-refractivity contribution in [3.05, 3.63) is 89.5 Å². The smallest absolute Gasteiger partial charge is 0.306 e. The van der Waals surface area contributed by atoms with Gasteiger partial charge in [0.05, 0.1) is 22.8 Å². The minimum atomic E-state index is -0.478. The Morgan fingerprint density at radius 3 is 2.31 bits per heavy atom. The maximum Gasteiger partial charge on any atom is 0.332 e. The van der Waals surface area contributed by atoms with Crippen molar-refractivity contribution < 1.29 is 0 Å². The number of rotatable bonds is 5. The quantitative estimate of drug-likeness (QED) is 0.339. The van der Waals surface area contributed by atoms with Crippen LogP contribution < -0.4 is 16.7 Å². The lowest BCUT2D eigenvalue weighted by atomic mass is 10.2. The number of aryl methyl sites for hydroxylation is 2. The summed E-state index contributed by atoms with van der Waals surface area (Å²) in [5.74, 6) is 0.274. The van der Waals surface area contributed by atoms with Gasteiger partial charge in [-0.15, -0.1) is 0 Å². The van der Waals surface area contributed by atoms with Crippen molar-refractivity contribution in [2.24, 2.45) is 19.2 Å². The molecule has 0 saturated heterocycles. The zero-order valence-corrected chi connectivity index (χ0v) is 19.3. The Bertz CT molecular complexity index is 1450. The molecule has 2 aromatic carbocycles. The van der Waals surface area contributed by atoms with Gasteiger partial charge in [-0.3, -0.25) is 13.9 Å². The average molecular weight is 492 g/mol. The zero-order valence-electron chi connectivity index (χ0n) is 17.0. The topological polar surface area (TPSA) is 86.2 Å². The number of nitrogens with zero attached hydrogens (tertiary/aromatic N) is 5. The molecule has 0 saturated carbocycles. The number of benzene rings is 2. The summed E-state index contributed by atoms with van der Waals surface area (Å²) in [6.07, 6.45) is 1.46. The number of hydrogen-bond donors (Lipinski definition) is 1. The van der Waals surface area contributed by atoms with E-state index in [0.29, 0.717) is 20.6 Å². The zero-order chi connectivity index (χ0) is 23.0. The maximum atomic E-state index is 13.2.